The Labute approximate surface area is 139 Å². The maximum atomic E-state index is 13.6. The average Bonchev–Trinajstić information content (AvgIpc) is 3.17. The van der Waals surface area contributed by atoms with Crippen molar-refractivity contribution in [3.63, 3.8) is 0 Å². The number of fused-ring (bicyclic) bond motifs is 1. The quantitative estimate of drug-likeness (QED) is 0.913. The van der Waals surface area contributed by atoms with Crippen molar-refractivity contribution in [1.82, 2.24) is 14.9 Å². The lowest BCUT2D eigenvalue weighted by Gasteiger charge is -2.23. The topological polar surface area (TPSA) is 56.1 Å². The Hall–Kier alpha value is -2.02. The number of nitrogens with zero attached hydrogens (tertiary/aromatic N) is 2. The number of carbonyl (C=O) groups excluding carboxylic acids is 1. The first-order chi connectivity index (χ1) is 11.5. The van der Waals surface area contributed by atoms with Crippen molar-refractivity contribution in [3.05, 3.63) is 30.1 Å². The third-order valence-corrected chi connectivity index (χ3v) is 4.34. The Bertz CT molecular complexity index is 739. The van der Waals surface area contributed by atoms with Crippen LogP contribution in [0, 0.1) is 17.6 Å². The van der Waals surface area contributed by atoms with Crippen LogP contribution >= 0.6 is 0 Å². The van der Waals surface area contributed by atoms with E-state index in [4.69, 9.17) is 4.74 Å². The number of rotatable bonds is 5. The molecule has 1 aromatic carbocycles. The number of hydrogen-bond donors (Lipinski definition) is 1. The van der Waals surface area contributed by atoms with E-state index in [0.717, 1.165) is 31.6 Å². The van der Waals surface area contributed by atoms with Gasteiger partial charge in [0.1, 0.15) is 6.04 Å². The molecule has 0 saturated carbocycles. The number of ether oxygens (including phenoxy) is 1. The summed E-state index contributed by atoms with van der Waals surface area (Å²) >= 11 is 0. The van der Waals surface area contributed by atoms with E-state index < -0.39 is 17.7 Å². The molecule has 1 saturated heterocycles. The van der Waals surface area contributed by atoms with Crippen LogP contribution < -0.4 is 5.32 Å². The number of hydrogen-bond acceptors (Lipinski definition) is 3. The van der Waals surface area contributed by atoms with Crippen molar-refractivity contribution in [2.75, 3.05) is 13.2 Å². The molecule has 0 radical (unpaired) electrons. The third kappa shape index (κ3) is 3.26. The van der Waals surface area contributed by atoms with Crippen molar-refractivity contribution in [2.45, 2.75) is 38.8 Å². The predicted molar refractivity (Wildman–Crippen MR) is 85.5 cm³/mol. The fourth-order valence-corrected chi connectivity index (χ4v) is 3.12. The van der Waals surface area contributed by atoms with Crippen LogP contribution in [0.3, 0.4) is 0 Å². The molecule has 1 aliphatic heterocycles. The number of halogens is 2. The molecule has 0 bridgehead atoms. The van der Waals surface area contributed by atoms with Crippen LogP contribution in [0.25, 0.3) is 11.0 Å². The lowest BCUT2D eigenvalue weighted by Crippen LogP contribution is -2.39. The fraction of sp³-hybridized carbons (Fsp3) is 0.529. The molecule has 2 atom stereocenters. The van der Waals surface area contributed by atoms with Gasteiger partial charge in [0.15, 0.2) is 11.6 Å². The third-order valence-electron chi connectivity index (χ3n) is 4.34. The Morgan fingerprint density at radius 3 is 2.83 bits per heavy atom. The van der Waals surface area contributed by atoms with Gasteiger partial charge in [-0.1, -0.05) is 13.8 Å². The van der Waals surface area contributed by atoms with E-state index in [9.17, 15) is 13.6 Å². The zero-order valence-electron chi connectivity index (χ0n) is 13.8. The van der Waals surface area contributed by atoms with Crippen LogP contribution in [0.2, 0.25) is 0 Å². The maximum Gasteiger partial charge on any atom is 0.243 e. The fourth-order valence-electron chi connectivity index (χ4n) is 3.12. The molecule has 0 spiro atoms. The molecule has 1 amide bonds. The first-order valence-corrected chi connectivity index (χ1v) is 8.18. The van der Waals surface area contributed by atoms with E-state index in [2.05, 4.69) is 10.3 Å². The zero-order chi connectivity index (χ0) is 17.3. The van der Waals surface area contributed by atoms with Crippen molar-refractivity contribution in [3.8, 4) is 0 Å². The number of nitrogens with one attached hydrogen (secondary N) is 1. The number of carbonyl (C=O) groups is 1. The maximum absolute atomic E-state index is 13.6. The molecule has 1 fully saturated rings. The van der Waals surface area contributed by atoms with E-state index in [1.807, 2.05) is 13.8 Å². The van der Waals surface area contributed by atoms with Crippen molar-refractivity contribution in [1.29, 1.82) is 0 Å². The van der Waals surface area contributed by atoms with Gasteiger partial charge in [-0.3, -0.25) is 4.79 Å². The lowest BCUT2D eigenvalue weighted by atomic mass is 10.0. The van der Waals surface area contributed by atoms with Gasteiger partial charge in [-0.15, -0.1) is 0 Å². The molecule has 7 heteroatoms. The average molecular weight is 337 g/mol. The Morgan fingerprint density at radius 1 is 1.42 bits per heavy atom. The highest BCUT2D eigenvalue weighted by molar-refractivity contribution is 5.84. The van der Waals surface area contributed by atoms with Gasteiger partial charge in [0.25, 0.3) is 0 Å². The van der Waals surface area contributed by atoms with E-state index in [1.54, 1.807) is 4.57 Å². The summed E-state index contributed by atoms with van der Waals surface area (Å²) < 4.78 is 34.1. The molecule has 0 aliphatic carbocycles. The molecular formula is C17H21F2N3O2. The Morgan fingerprint density at radius 2 is 2.17 bits per heavy atom. The lowest BCUT2D eigenvalue weighted by molar-refractivity contribution is -0.126. The summed E-state index contributed by atoms with van der Waals surface area (Å²) in [5.74, 6) is -2.12. The van der Waals surface area contributed by atoms with Gasteiger partial charge in [-0.2, -0.15) is 0 Å². The predicted octanol–water partition coefficient (Wildman–Crippen LogP) is 2.81. The summed E-state index contributed by atoms with van der Waals surface area (Å²) in [6.45, 7) is 4.99. The van der Waals surface area contributed by atoms with Gasteiger partial charge in [-0.25, -0.2) is 13.8 Å². The SMILES string of the molecule is CC(C)C(C(=O)NCC1CCCO1)n1cnc2cc(F)c(F)cc21. The molecule has 3 rings (SSSR count). The van der Waals surface area contributed by atoms with Gasteiger partial charge in [0.05, 0.1) is 23.5 Å². The van der Waals surface area contributed by atoms with Crippen LogP contribution in [-0.2, 0) is 9.53 Å². The van der Waals surface area contributed by atoms with Crippen LogP contribution in [0.5, 0.6) is 0 Å². The van der Waals surface area contributed by atoms with Gasteiger partial charge in [0, 0.05) is 25.3 Å². The van der Waals surface area contributed by atoms with Gasteiger partial charge in [0.2, 0.25) is 5.91 Å². The number of aromatic nitrogens is 2. The number of benzene rings is 1. The molecule has 5 nitrogen and oxygen atoms in total. The molecule has 2 unspecified atom stereocenters. The normalized spacial score (nSPS) is 19.1. The summed E-state index contributed by atoms with van der Waals surface area (Å²) in [5.41, 5.74) is 0.728. The largest absolute Gasteiger partial charge is 0.376 e. The standard InChI is InChI=1S/C17H21F2N3O2/c1-10(2)16(17(23)20-8-11-4-3-5-24-11)22-9-21-14-6-12(18)13(19)7-15(14)22/h6-7,9-11,16H,3-5,8H2,1-2H3,(H,20,23). The molecule has 1 aliphatic rings. The highest BCUT2D eigenvalue weighted by atomic mass is 19.2. The number of amides is 1. The molecule has 1 N–H and O–H groups in total. The van der Waals surface area contributed by atoms with Crippen LogP contribution in [0.1, 0.15) is 32.7 Å². The van der Waals surface area contributed by atoms with Crippen molar-refractivity contribution in [2.24, 2.45) is 5.92 Å². The van der Waals surface area contributed by atoms with E-state index in [-0.39, 0.29) is 17.9 Å². The van der Waals surface area contributed by atoms with Gasteiger partial charge < -0.3 is 14.6 Å². The smallest absolute Gasteiger partial charge is 0.243 e. The molecule has 24 heavy (non-hydrogen) atoms. The summed E-state index contributed by atoms with van der Waals surface area (Å²) in [6, 6.07) is 1.57. The zero-order valence-corrected chi connectivity index (χ0v) is 13.8. The second kappa shape index (κ2) is 6.84. The molecule has 130 valence electrons. The van der Waals surface area contributed by atoms with Crippen LogP contribution in [0.4, 0.5) is 8.78 Å². The van der Waals surface area contributed by atoms with E-state index in [0.29, 0.717) is 17.6 Å². The van der Waals surface area contributed by atoms with Crippen LogP contribution in [0.15, 0.2) is 18.5 Å². The number of imidazole rings is 1. The highest BCUT2D eigenvalue weighted by Crippen LogP contribution is 2.25. The second-order valence-corrected chi connectivity index (χ2v) is 6.48. The molecule has 1 aromatic heterocycles. The minimum atomic E-state index is -0.952. The van der Waals surface area contributed by atoms with Gasteiger partial charge >= 0.3 is 0 Å². The summed E-state index contributed by atoms with van der Waals surface area (Å²) in [6.07, 6.45) is 3.45. The van der Waals surface area contributed by atoms with Crippen LogP contribution in [-0.4, -0.2) is 34.7 Å². The first-order valence-electron chi connectivity index (χ1n) is 8.18. The van der Waals surface area contributed by atoms with Crippen molar-refractivity contribution < 1.29 is 18.3 Å². The van der Waals surface area contributed by atoms with E-state index in [1.165, 1.54) is 6.33 Å². The minimum absolute atomic E-state index is 0.0417. The highest BCUT2D eigenvalue weighted by Gasteiger charge is 2.27. The van der Waals surface area contributed by atoms with Gasteiger partial charge in [-0.05, 0) is 18.8 Å². The first kappa shape index (κ1) is 16.8. The van der Waals surface area contributed by atoms with E-state index >= 15 is 0 Å². The Balaban J connectivity index is 1.85. The molecular weight excluding hydrogens is 316 g/mol. The van der Waals surface area contributed by atoms with Crippen molar-refractivity contribution >= 4 is 16.9 Å². The minimum Gasteiger partial charge on any atom is -0.376 e. The monoisotopic (exact) mass is 337 g/mol. The summed E-state index contributed by atoms with van der Waals surface area (Å²) in [7, 11) is 0. The summed E-state index contributed by atoms with van der Waals surface area (Å²) in [5, 5.41) is 2.90. The second-order valence-electron chi connectivity index (χ2n) is 6.48. The summed E-state index contributed by atoms with van der Waals surface area (Å²) in [4.78, 5) is 16.7. The molecule has 2 aromatic rings. The Kier molecular flexibility index (Phi) is 4.80. The molecule has 2 heterocycles.